The van der Waals surface area contributed by atoms with E-state index in [1.165, 1.54) is 20.9 Å². The number of nitrogens with zero attached hydrogens (tertiary/aromatic N) is 12. The summed E-state index contributed by atoms with van der Waals surface area (Å²) in [6, 6.07) is 55.4. The molecule has 126 heavy (non-hydrogen) atoms. The molecule has 0 amide bonds. The molecule has 4 aliphatic heterocycles. The molecule has 662 valence electrons. The second-order valence-corrected chi connectivity index (χ2v) is 36.3. The van der Waals surface area contributed by atoms with Gasteiger partial charge in [0.05, 0.1) is 51.0 Å². The fourth-order valence-electron chi connectivity index (χ4n) is 14.4. The first kappa shape index (κ1) is 108. The number of hydrogen-bond donors (Lipinski definition) is 0. The maximum Gasteiger partial charge on any atom is 0.170 e. The van der Waals surface area contributed by atoms with E-state index in [1.807, 2.05) is 268 Å². The second-order valence-electron chi connectivity index (χ2n) is 33.9. The predicted molar refractivity (Wildman–Crippen MR) is 514 cm³/mol. The molecule has 6 aromatic carbocycles. The number of Topliss-reactive ketones (excluding diaryl/α,β-unsaturated/α-hetero) is 4. The maximum absolute atomic E-state index is 12.9. The molecule has 0 aliphatic carbocycles. The van der Waals surface area contributed by atoms with E-state index in [0.717, 1.165) is 128 Å². The van der Waals surface area contributed by atoms with Crippen LogP contribution in [0.2, 0.25) is 0 Å². The zero-order chi connectivity index (χ0) is 89.6. The molecule has 22 heteroatoms. The Bertz CT molecular complexity index is 5420. The quantitative estimate of drug-likeness (QED) is 0.104. The summed E-state index contributed by atoms with van der Waals surface area (Å²) >= 11 is 3.48. The summed E-state index contributed by atoms with van der Waals surface area (Å²) in [5.41, 5.74) is 18.5. The fraction of sp³-hybridized carbons (Fsp3) is 0.385. The molecule has 0 bridgehead atoms. The maximum atomic E-state index is 12.9. The number of hydrogen-bond acceptors (Lipinski definition) is 18. The van der Waals surface area contributed by atoms with Crippen LogP contribution < -0.4 is 0 Å². The number of thiophene rings is 2. The van der Waals surface area contributed by atoms with Gasteiger partial charge in [-0.25, -0.2) is 0 Å². The van der Waals surface area contributed by atoms with Gasteiger partial charge in [-0.1, -0.05) is 313 Å². The Morgan fingerprint density at radius 3 is 1.07 bits per heavy atom. The monoisotopic (exact) mass is 1880 g/mol. The molecule has 0 saturated heterocycles. The van der Waals surface area contributed by atoms with Gasteiger partial charge in [0.2, 0.25) is 0 Å². The topological polar surface area (TPSA) is 231 Å². The summed E-state index contributed by atoms with van der Waals surface area (Å²) in [6.45, 7) is 55.7. The number of ketones is 4. The SMILES string of the molecule is CC.CC.CC.CC.Cc1nnc2n1-c1ccccc1C(c1ccccc1)=N[C@H]2CC(=O)C(C)(C)C.Cc1noc2c1-c1ccccc1C(c1ccccc1)=N[C@H]2CC(=O)C(C)(C)C.Cc1noc2c1-c1sc(C)c(C)c1C(c1ccccc1)=N[C@H]2CC(=O)C(C)(C)C.Cc1sc2c(c1C)C(c1ccccc1)=N[C@@H](CC(=O)C(C)(C)C)c1nnc(C)n1-2.[CH3-].[CH3-].[Y].[Y]. The Labute approximate surface area is 808 Å². The van der Waals surface area contributed by atoms with Crippen LogP contribution in [0.3, 0.4) is 0 Å². The van der Waals surface area contributed by atoms with Crippen molar-refractivity contribution in [2.24, 2.45) is 41.6 Å². The van der Waals surface area contributed by atoms with Gasteiger partial charge in [-0.2, -0.15) is 0 Å². The third-order valence-corrected chi connectivity index (χ3v) is 23.8. The third-order valence-electron chi connectivity index (χ3n) is 21.4. The van der Waals surface area contributed by atoms with Gasteiger partial charge in [0, 0.05) is 172 Å². The normalized spacial score (nSPS) is 14.7. The molecular formula is C104H130N12O6S2Y2-2. The summed E-state index contributed by atoms with van der Waals surface area (Å²) in [5.74, 6) is 5.09. The molecule has 2 radical (unpaired) electrons. The van der Waals surface area contributed by atoms with Gasteiger partial charge in [0.25, 0.3) is 0 Å². The number of carbonyl (C=O) groups is 4. The Morgan fingerprint density at radius 1 is 0.341 bits per heavy atom. The van der Waals surface area contributed by atoms with Crippen LogP contribution in [0.1, 0.15) is 300 Å². The minimum absolute atomic E-state index is 0. The van der Waals surface area contributed by atoms with Crippen LogP contribution in [0.25, 0.3) is 32.3 Å². The Kier molecular flexibility index (Phi) is 40.0. The van der Waals surface area contributed by atoms with E-state index in [4.69, 9.17) is 29.0 Å². The van der Waals surface area contributed by atoms with Crippen molar-refractivity contribution in [1.82, 2.24) is 39.8 Å². The van der Waals surface area contributed by atoms with Gasteiger partial charge in [0.15, 0.2) is 23.2 Å². The van der Waals surface area contributed by atoms with Gasteiger partial charge in [-0.3, -0.25) is 48.3 Å². The van der Waals surface area contributed by atoms with E-state index >= 15 is 0 Å². The molecule has 10 heterocycles. The van der Waals surface area contributed by atoms with Crippen LogP contribution in [-0.2, 0) is 84.6 Å². The zero-order valence-electron chi connectivity index (χ0n) is 80.1. The van der Waals surface area contributed by atoms with Crippen molar-refractivity contribution in [3.63, 3.8) is 0 Å². The number of rotatable bonds is 12. The van der Waals surface area contributed by atoms with Gasteiger partial charge >= 0.3 is 0 Å². The fourth-order valence-corrected chi connectivity index (χ4v) is 16.8. The average molecular weight is 1890 g/mol. The van der Waals surface area contributed by atoms with Crippen molar-refractivity contribution >= 4 is 68.7 Å². The number of benzene rings is 6. The van der Waals surface area contributed by atoms with Crippen molar-refractivity contribution in [2.75, 3.05) is 0 Å². The summed E-state index contributed by atoms with van der Waals surface area (Å²) in [7, 11) is 0. The van der Waals surface area contributed by atoms with Gasteiger partial charge < -0.3 is 23.9 Å². The summed E-state index contributed by atoms with van der Waals surface area (Å²) in [6.07, 6.45) is 1.20. The molecule has 0 fully saturated rings. The van der Waals surface area contributed by atoms with Crippen LogP contribution >= 0.6 is 22.7 Å². The van der Waals surface area contributed by atoms with Crippen molar-refractivity contribution < 1.29 is 93.6 Å². The van der Waals surface area contributed by atoms with Crippen LogP contribution in [0.5, 0.6) is 0 Å². The smallest absolute Gasteiger partial charge is 0.170 e. The first-order valence-electron chi connectivity index (χ1n) is 42.9. The van der Waals surface area contributed by atoms with E-state index in [2.05, 4.69) is 136 Å². The molecule has 12 aromatic rings. The van der Waals surface area contributed by atoms with Crippen LogP contribution in [0.15, 0.2) is 199 Å². The number of aromatic nitrogens is 8. The van der Waals surface area contributed by atoms with Crippen LogP contribution in [0.4, 0.5) is 0 Å². The molecule has 4 atom stereocenters. The number of carbonyl (C=O) groups excluding carboxylic acids is 4. The van der Waals surface area contributed by atoms with Gasteiger partial charge in [0.1, 0.15) is 64.0 Å². The first-order chi connectivity index (χ1) is 58.1. The van der Waals surface area contributed by atoms with E-state index in [9.17, 15) is 19.2 Å². The Morgan fingerprint density at radius 2 is 0.643 bits per heavy atom. The average Bonchev–Trinajstić information content (AvgIpc) is 1.60. The number of aryl methyl sites for hydroxylation is 6. The molecular weight excluding hydrogens is 1760 g/mol. The number of para-hydroxylation sites is 1. The van der Waals surface area contributed by atoms with E-state index in [1.54, 1.807) is 22.7 Å². The molecule has 6 aromatic heterocycles. The second kappa shape index (κ2) is 46.8. The molecule has 16 rings (SSSR count). The summed E-state index contributed by atoms with van der Waals surface area (Å²) in [4.78, 5) is 75.6. The van der Waals surface area contributed by atoms with Crippen molar-refractivity contribution in [1.29, 1.82) is 0 Å². The molecule has 18 nitrogen and oxygen atoms in total. The molecule has 0 spiro atoms. The molecule has 0 saturated carbocycles. The van der Waals surface area contributed by atoms with E-state index in [0.29, 0.717) is 36.6 Å². The molecule has 4 aliphatic rings. The van der Waals surface area contributed by atoms with Crippen LogP contribution in [-0.4, -0.2) is 85.8 Å². The number of aliphatic imine (C=N–C) groups is 4. The molecule has 0 N–H and O–H groups in total. The van der Waals surface area contributed by atoms with Crippen molar-refractivity contribution in [3.8, 4) is 32.3 Å². The van der Waals surface area contributed by atoms with Crippen molar-refractivity contribution in [3.05, 3.63) is 296 Å². The summed E-state index contributed by atoms with van der Waals surface area (Å²) in [5, 5.41) is 27.0. The zero-order valence-corrected chi connectivity index (χ0v) is 87.4. The Hall–Kier alpha value is -9.01. The van der Waals surface area contributed by atoms with Gasteiger partial charge in [-0.05, 0) is 78.1 Å². The third kappa shape index (κ3) is 24.1. The number of fused-ring (bicyclic) bond motifs is 12. The van der Waals surface area contributed by atoms with Gasteiger partial charge in [-0.15, -0.1) is 43.1 Å². The predicted octanol–water partition coefficient (Wildman–Crippen LogP) is 26.4. The van der Waals surface area contributed by atoms with Crippen molar-refractivity contribution in [2.45, 2.75) is 244 Å². The first-order valence-corrected chi connectivity index (χ1v) is 44.5. The minimum atomic E-state index is -0.434. The Balaban J connectivity index is 0.000000287. The van der Waals surface area contributed by atoms with E-state index in [-0.39, 0.29) is 128 Å². The minimum Gasteiger partial charge on any atom is -0.358 e. The largest absolute Gasteiger partial charge is 0.358 e. The molecule has 0 unspecified atom stereocenters. The van der Waals surface area contributed by atoms with E-state index < -0.39 is 27.7 Å². The standard InChI is InChI=1S/C24H26N2O2S.C24H24N2O2.C23H26N4OS.C23H24N4O.4C2H6.2CH3.2Y/c1-13-15(3)29-23-19(13)21(16-10-8-7-9-11-16)25-17(12-18(27)24(4,5)6)22-20(23)14(2)26-28-22;1-15-21-17-12-8-9-13-18(17)22(16-10-6-5-7-11-16)25-19(23(21)28-26-15)14-20(27)24(2,3)4;1-13-14(2)29-22-19(13)20(16-10-8-7-9-11-16)24-17(12-18(28)23(4,5)6)21-26-25-15(3)27(21)22;1-15-25-26-22-18(14-20(28)23(2,3)4)24-21(16-10-6-5-7-11-16)17-12-8-9-13-19(17)27(15)22;4*1-2;;;;/h7-11,17H,12H2,1-6H3;5-13,19H,14H2,1-4H3;7-11,17H,12H2,1-6H3;5-13,18H,14H2,1-4H3;4*1-2H3;2*1H3;;/q;;;;;;;;2*-1;;/t17-;19-;17-;18-;;;;;;;;/m0000......../s1. The van der Waals surface area contributed by atoms with Crippen LogP contribution in [0, 0.1) is 91.9 Å². The summed E-state index contributed by atoms with van der Waals surface area (Å²) < 4.78 is 15.6.